The number of hydrogen-bond donors (Lipinski definition) is 3. The SMILES string of the molecule is O=C(O)c1ccccc1Nc1ccccc1S. The maximum atomic E-state index is 11.0. The van der Waals surface area contributed by atoms with Gasteiger partial charge in [0.1, 0.15) is 0 Å². The first kappa shape index (κ1) is 11.5. The van der Waals surface area contributed by atoms with Crippen LogP contribution in [0.5, 0.6) is 0 Å². The summed E-state index contributed by atoms with van der Waals surface area (Å²) in [5.74, 6) is -0.954. The summed E-state index contributed by atoms with van der Waals surface area (Å²) >= 11 is 4.30. The Labute approximate surface area is 105 Å². The number of rotatable bonds is 3. The first-order valence-corrected chi connectivity index (χ1v) is 5.50. The van der Waals surface area contributed by atoms with Gasteiger partial charge in [-0.2, -0.15) is 0 Å². The molecule has 0 unspecified atom stereocenters. The lowest BCUT2D eigenvalue weighted by atomic mass is 10.1. The third kappa shape index (κ3) is 2.60. The minimum Gasteiger partial charge on any atom is -0.478 e. The van der Waals surface area contributed by atoms with Crippen molar-refractivity contribution >= 4 is 30.0 Å². The first-order valence-electron chi connectivity index (χ1n) is 5.06. The molecule has 2 aromatic rings. The molecular formula is C13H11NO2S. The molecule has 0 aliphatic heterocycles. The fraction of sp³-hybridized carbons (Fsp3) is 0. The molecule has 2 aromatic carbocycles. The summed E-state index contributed by atoms with van der Waals surface area (Å²) in [6, 6.07) is 14.2. The van der Waals surface area contributed by atoms with Crippen LogP contribution in [0.15, 0.2) is 53.4 Å². The molecule has 0 fully saturated rings. The summed E-state index contributed by atoms with van der Waals surface area (Å²) in [5.41, 5.74) is 1.58. The fourth-order valence-corrected chi connectivity index (χ4v) is 1.72. The molecule has 0 aliphatic carbocycles. The van der Waals surface area contributed by atoms with Crippen LogP contribution in [0.2, 0.25) is 0 Å². The normalized spacial score (nSPS) is 9.94. The van der Waals surface area contributed by atoms with Crippen molar-refractivity contribution < 1.29 is 9.90 Å². The Kier molecular flexibility index (Phi) is 3.35. The minimum absolute atomic E-state index is 0.240. The maximum Gasteiger partial charge on any atom is 0.337 e. The lowest BCUT2D eigenvalue weighted by Gasteiger charge is -2.10. The molecule has 0 aromatic heterocycles. The Morgan fingerprint density at radius 3 is 2.24 bits per heavy atom. The molecule has 0 atom stereocenters. The third-order valence-electron chi connectivity index (χ3n) is 2.33. The molecule has 4 heteroatoms. The van der Waals surface area contributed by atoms with E-state index in [4.69, 9.17) is 5.11 Å². The summed E-state index contributed by atoms with van der Waals surface area (Å²) in [7, 11) is 0. The van der Waals surface area contributed by atoms with Crippen LogP contribution in [0.4, 0.5) is 11.4 Å². The smallest absolute Gasteiger partial charge is 0.337 e. The molecule has 0 aliphatic rings. The van der Waals surface area contributed by atoms with E-state index in [1.807, 2.05) is 24.3 Å². The number of carboxylic acids is 1. The Hall–Kier alpha value is -1.94. The standard InChI is InChI=1S/C13H11NO2S/c15-13(16)9-5-1-2-6-10(9)14-11-7-3-4-8-12(11)17/h1-8,14,17H,(H,15,16). The topological polar surface area (TPSA) is 49.3 Å². The van der Waals surface area contributed by atoms with Gasteiger partial charge in [-0.05, 0) is 24.3 Å². The van der Waals surface area contributed by atoms with Gasteiger partial charge < -0.3 is 10.4 Å². The highest BCUT2D eigenvalue weighted by molar-refractivity contribution is 7.80. The lowest BCUT2D eigenvalue weighted by molar-refractivity contribution is 0.0698. The van der Waals surface area contributed by atoms with Gasteiger partial charge in [0.2, 0.25) is 0 Å². The molecular weight excluding hydrogens is 234 g/mol. The molecule has 0 radical (unpaired) electrons. The van der Waals surface area contributed by atoms with E-state index in [0.717, 1.165) is 10.6 Å². The van der Waals surface area contributed by atoms with Crippen molar-refractivity contribution in [3.8, 4) is 0 Å². The monoisotopic (exact) mass is 245 g/mol. The van der Waals surface area contributed by atoms with Crippen molar-refractivity contribution in [1.29, 1.82) is 0 Å². The van der Waals surface area contributed by atoms with E-state index in [9.17, 15) is 4.79 Å². The van der Waals surface area contributed by atoms with Gasteiger partial charge in [0.05, 0.1) is 16.9 Å². The number of anilines is 2. The second kappa shape index (κ2) is 4.93. The summed E-state index contributed by atoms with van der Waals surface area (Å²) in [6.45, 7) is 0. The van der Waals surface area contributed by atoms with Gasteiger partial charge in [0.15, 0.2) is 0 Å². The van der Waals surface area contributed by atoms with Crippen molar-refractivity contribution in [2.75, 3.05) is 5.32 Å². The molecule has 2 rings (SSSR count). The zero-order valence-electron chi connectivity index (χ0n) is 8.92. The predicted molar refractivity (Wildman–Crippen MR) is 70.4 cm³/mol. The zero-order valence-corrected chi connectivity index (χ0v) is 9.82. The van der Waals surface area contributed by atoms with Gasteiger partial charge in [-0.3, -0.25) is 0 Å². The van der Waals surface area contributed by atoms with Crippen LogP contribution in [-0.2, 0) is 0 Å². The number of benzene rings is 2. The largest absolute Gasteiger partial charge is 0.478 e. The van der Waals surface area contributed by atoms with E-state index in [1.54, 1.807) is 24.3 Å². The Balaban J connectivity index is 2.37. The number of thiol groups is 1. The second-order valence-electron chi connectivity index (χ2n) is 3.49. The van der Waals surface area contributed by atoms with Crippen molar-refractivity contribution in [3.63, 3.8) is 0 Å². The van der Waals surface area contributed by atoms with Gasteiger partial charge in [-0.1, -0.05) is 24.3 Å². The predicted octanol–water partition coefficient (Wildman–Crippen LogP) is 3.42. The van der Waals surface area contributed by atoms with Crippen LogP contribution in [0.3, 0.4) is 0 Å². The molecule has 17 heavy (non-hydrogen) atoms. The summed E-state index contributed by atoms with van der Waals surface area (Å²) in [6.07, 6.45) is 0. The zero-order chi connectivity index (χ0) is 12.3. The van der Waals surface area contributed by atoms with Gasteiger partial charge >= 0.3 is 5.97 Å². The lowest BCUT2D eigenvalue weighted by Crippen LogP contribution is -2.02. The molecule has 86 valence electrons. The average Bonchev–Trinajstić information content (AvgIpc) is 2.32. The highest BCUT2D eigenvalue weighted by Crippen LogP contribution is 2.25. The second-order valence-corrected chi connectivity index (χ2v) is 3.97. The van der Waals surface area contributed by atoms with E-state index in [2.05, 4.69) is 17.9 Å². The average molecular weight is 245 g/mol. The third-order valence-corrected chi connectivity index (χ3v) is 2.72. The summed E-state index contributed by atoms with van der Waals surface area (Å²) in [5, 5.41) is 12.1. The van der Waals surface area contributed by atoms with Crippen LogP contribution in [0, 0.1) is 0 Å². The highest BCUT2D eigenvalue weighted by atomic mass is 32.1. The molecule has 2 N–H and O–H groups in total. The fourth-order valence-electron chi connectivity index (χ4n) is 1.50. The van der Waals surface area contributed by atoms with E-state index in [-0.39, 0.29) is 5.56 Å². The number of aromatic carboxylic acids is 1. The van der Waals surface area contributed by atoms with Gasteiger partial charge in [0, 0.05) is 4.90 Å². The van der Waals surface area contributed by atoms with Crippen LogP contribution in [-0.4, -0.2) is 11.1 Å². The highest BCUT2D eigenvalue weighted by Gasteiger charge is 2.09. The molecule has 0 spiro atoms. The number of carbonyl (C=O) groups is 1. The van der Waals surface area contributed by atoms with Crippen molar-refractivity contribution in [2.45, 2.75) is 4.90 Å². The number of carboxylic acid groups (broad SMARTS) is 1. The Bertz CT molecular complexity index is 555. The first-order chi connectivity index (χ1) is 8.18. The van der Waals surface area contributed by atoms with Crippen LogP contribution < -0.4 is 5.32 Å². The molecule has 0 saturated carbocycles. The molecule has 0 amide bonds. The molecule has 0 saturated heterocycles. The van der Waals surface area contributed by atoms with Crippen molar-refractivity contribution in [2.24, 2.45) is 0 Å². The summed E-state index contributed by atoms with van der Waals surface area (Å²) in [4.78, 5) is 11.8. The minimum atomic E-state index is -0.954. The van der Waals surface area contributed by atoms with E-state index in [1.165, 1.54) is 0 Å². The van der Waals surface area contributed by atoms with Crippen LogP contribution >= 0.6 is 12.6 Å². The van der Waals surface area contributed by atoms with Gasteiger partial charge in [-0.15, -0.1) is 12.6 Å². The van der Waals surface area contributed by atoms with E-state index < -0.39 is 5.97 Å². The Morgan fingerprint density at radius 2 is 1.59 bits per heavy atom. The van der Waals surface area contributed by atoms with Crippen LogP contribution in [0.25, 0.3) is 0 Å². The summed E-state index contributed by atoms with van der Waals surface area (Å²) < 4.78 is 0. The number of para-hydroxylation sites is 2. The number of nitrogens with one attached hydrogen (secondary N) is 1. The quantitative estimate of drug-likeness (QED) is 0.726. The van der Waals surface area contributed by atoms with Crippen molar-refractivity contribution in [1.82, 2.24) is 0 Å². The molecule has 0 heterocycles. The molecule has 3 nitrogen and oxygen atoms in total. The number of hydrogen-bond acceptors (Lipinski definition) is 3. The van der Waals surface area contributed by atoms with E-state index >= 15 is 0 Å². The van der Waals surface area contributed by atoms with E-state index in [0.29, 0.717) is 5.69 Å². The maximum absolute atomic E-state index is 11.0. The van der Waals surface area contributed by atoms with Gasteiger partial charge in [-0.25, -0.2) is 4.79 Å². The van der Waals surface area contributed by atoms with Crippen molar-refractivity contribution in [3.05, 3.63) is 54.1 Å². The van der Waals surface area contributed by atoms with Gasteiger partial charge in [0.25, 0.3) is 0 Å². The Morgan fingerprint density at radius 1 is 1.00 bits per heavy atom. The molecule has 0 bridgehead atoms. The van der Waals surface area contributed by atoms with Crippen LogP contribution in [0.1, 0.15) is 10.4 Å².